The van der Waals surface area contributed by atoms with E-state index in [0.717, 1.165) is 22.3 Å². The highest BCUT2D eigenvalue weighted by atomic mass is 35.5. The highest BCUT2D eigenvalue weighted by Crippen LogP contribution is 2.35. The molecule has 0 aliphatic carbocycles. The van der Waals surface area contributed by atoms with Crippen molar-refractivity contribution >= 4 is 40.7 Å². The van der Waals surface area contributed by atoms with Gasteiger partial charge in [0.1, 0.15) is 6.61 Å². The molecular weight excluding hydrogens is 620 g/mol. The molecule has 0 saturated heterocycles. The van der Waals surface area contributed by atoms with Gasteiger partial charge in [-0.25, -0.2) is 9.79 Å². The van der Waals surface area contributed by atoms with Crippen LogP contribution in [0, 0.1) is 0 Å². The zero-order valence-corrected chi connectivity index (χ0v) is 26.9. The molecule has 5 aromatic rings. The molecule has 2 heterocycles. The molecule has 0 N–H and O–H groups in total. The Balaban J connectivity index is 1.47. The molecule has 0 saturated carbocycles. The standard InChI is InChI=1S/C37H31ClN2O5S/c1-3-43-30-21-24(19-20-29(30)45-23-27-17-11-12-18-28(27)38)22-31-35(41)40-34(26-15-9-6-10-16-26)32(36(42)44-4-2)33(39-37(40)46-31)25-13-7-5-8-14-25/h5-22,34H,3-4,23H2,1-2H3/b31-22-/t34-/m1/s1. The summed E-state index contributed by atoms with van der Waals surface area (Å²) in [4.78, 5) is 33.2. The summed E-state index contributed by atoms with van der Waals surface area (Å²) in [5, 5.41) is 0.628. The smallest absolute Gasteiger partial charge is 0.338 e. The van der Waals surface area contributed by atoms with E-state index in [9.17, 15) is 9.59 Å². The monoisotopic (exact) mass is 650 g/mol. The van der Waals surface area contributed by atoms with Crippen LogP contribution < -0.4 is 24.4 Å². The second-order valence-electron chi connectivity index (χ2n) is 10.4. The van der Waals surface area contributed by atoms with Gasteiger partial charge in [-0.1, -0.05) is 108 Å². The first-order chi connectivity index (χ1) is 22.5. The lowest BCUT2D eigenvalue weighted by Gasteiger charge is -2.25. The molecule has 232 valence electrons. The number of nitrogens with zero attached hydrogens (tertiary/aromatic N) is 2. The van der Waals surface area contributed by atoms with Gasteiger partial charge in [0.25, 0.3) is 5.56 Å². The molecule has 0 fully saturated rings. The molecule has 46 heavy (non-hydrogen) atoms. The summed E-state index contributed by atoms with van der Waals surface area (Å²) in [5.74, 6) is 0.604. The maximum Gasteiger partial charge on any atom is 0.338 e. The van der Waals surface area contributed by atoms with E-state index < -0.39 is 12.0 Å². The Hall–Kier alpha value is -4.92. The van der Waals surface area contributed by atoms with Crippen molar-refractivity contribution in [3.05, 3.63) is 156 Å². The highest BCUT2D eigenvalue weighted by Gasteiger charge is 2.35. The van der Waals surface area contributed by atoms with Gasteiger partial charge in [-0.05, 0) is 49.2 Å². The van der Waals surface area contributed by atoms with Gasteiger partial charge in [-0.2, -0.15) is 0 Å². The summed E-state index contributed by atoms with van der Waals surface area (Å²) in [6.07, 6.45) is 1.81. The first kappa shape index (κ1) is 31.1. The number of carbonyl (C=O) groups is 1. The number of carbonyl (C=O) groups excluding carboxylic acids is 1. The number of esters is 1. The number of aromatic nitrogens is 1. The molecule has 0 unspecified atom stereocenters. The lowest BCUT2D eigenvalue weighted by atomic mass is 9.93. The average Bonchev–Trinajstić information content (AvgIpc) is 3.39. The zero-order valence-electron chi connectivity index (χ0n) is 25.3. The number of thiazole rings is 1. The van der Waals surface area contributed by atoms with E-state index in [-0.39, 0.29) is 18.8 Å². The lowest BCUT2D eigenvalue weighted by Crippen LogP contribution is -2.39. The van der Waals surface area contributed by atoms with Crippen LogP contribution >= 0.6 is 22.9 Å². The number of fused-ring (bicyclic) bond motifs is 1. The van der Waals surface area contributed by atoms with Crippen LogP contribution in [0.2, 0.25) is 5.02 Å². The van der Waals surface area contributed by atoms with Gasteiger partial charge in [0.2, 0.25) is 0 Å². The fourth-order valence-corrected chi connectivity index (χ4v) is 6.51. The molecule has 1 aliphatic rings. The van der Waals surface area contributed by atoms with Crippen LogP contribution in [0.5, 0.6) is 11.5 Å². The van der Waals surface area contributed by atoms with Crippen LogP contribution in [0.15, 0.2) is 118 Å². The Morgan fingerprint density at radius 1 is 0.891 bits per heavy atom. The third-order valence-corrected chi connectivity index (χ3v) is 8.75. The second-order valence-corrected chi connectivity index (χ2v) is 11.8. The van der Waals surface area contributed by atoms with Crippen molar-refractivity contribution in [2.24, 2.45) is 4.99 Å². The number of hydrogen-bond acceptors (Lipinski definition) is 7. The number of ether oxygens (including phenoxy) is 3. The Morgan fingerprint density at radius 2 is 1.61 bits per heavy atom. The molecule has 4 aromatic carbocycles. The Morgan fingerprint density at radius 3 is 2.33 bits per heavy atom. The van der Waals surface area contributed by atoms with E-state index in [1.54, 1.807) is 11.5 Å². The van der Waals surface area contributed by atoms with Crippen molar-refractivity contribution in [2.45, 2.75) is 26.5 Å². The normalized spacial score (nSPS) is 14.4. The van der Waals surface area contributed by atoms with Crippen LogP contribution in [0.4, 0.5) is 0 Å². The Bertz CT molecular complexity index is 2090. The van der Waals surface area contributed by atoms with E-state index in [1.807, 2.05) is 116 Å². The first-order valence-corrected chi connectivity index (χ1v) is 16.1. The van der Waals surface area contributed by atoms with Crippen molar-refractivity contribution < 1.29 is 19.0 Å². The van der Waals surface area contributed by atoms with Crippen molar-refractivity contribution in [2.75, 3.05) is 13.2 Å². The molecule has 1 aliphatic heterocycles. The minimum atomic E-state index is -0.728. The summed E-state index contributed by atoms with van der Waals surface area (Å²) < 4.78 is 19.6. The number of halogens is 1. The van der Waals surface area contributed by atoms with Crippen LogP contribution in [0.1, 0.15) is 42.1 Å². The second kappa shape index (κ2) is 14.0. The molecule has 0 radical (unpaired) electrons. The lowest BCUT2D eigenvalue weighted by molar-refractivity contribution is -0.138. The van der Waals surface area contributed by atoms with E-state index in [4.69, 9.17) is 30.8 Å². The quantitative estimate of drug-likeness (QED) is 0.160. The minimum Gasteiger partial charge on any atom is -0.490 e. The number of rotatable bonds is 10. The van der Waals surface area contributed by atoms with Gasteiger partial charge in [0, 0.05) is 16.1 Å². The Kier molecular flexibility index (Phi) is 9.47. The van der Waals surface area contributed by atoms with Crippen molar-refractivity contribution in [3.63, 3.8) is 0 Å². The molecule has 0 amide bonds. The zero-order chi connectivity index (χ0) is 32.0. The molecule has 9 heteroatoms. The molecule has 1 atom stereocenters. The van der Waals surface area contributed by atoms with Gasteiger partial charge in [-0.3, -0.25) is 9.36 Å². The fraction of sp³-hybridized carbons (Fsp3) is 0.162. The fourth-order valence-electron chi connectivity index (χ4n) is 5.32. The third-order valence-electron chi connectivity index (χ3n) is 7.40. The topological polar surface area (TPSA) is 79.1 Å². The number of benzene rings is 4. The van der Waals surface area contributed by atoms with E-state index in [1.165, 1.54) is 11.3 Å². The molecule has 6 rings (SSSR count). The van der Waals surface area contributed by atoms with Crippen molar-refractivity contribution in [1.82, 2.24) is 4.57 Å². The van der Waals surface area contributed by atoms with Crippen LogP contribution in [0.3, 0.4) is 0 Å². The van der Waals surface area contributed by atoms with E-state index >= 15 is 0 Å². The van der Waals surface area contributed by atoms with Gasteiger partial charge < -0.3 is 14.2 Å². The molecule has 0 bridgehead atoms. The van der Waals surface area contributed by atoms with Crippen LogP contribution in [-0.4, -0.2) is 23.8 Å². The minimum absolute atomic E-state index is 0.191. The van der Waals surface area contributed by atoms with Gasteiger partial charge in [0.05, 0.1) is 35.1 Å². The van der Waals surface area contributed by atoms with Gasteiger partial charge in [-0.15, -0.1) is 0 Å². The number of hydrogen-bond donors (Lipinski definition) is 0. The summed E-state index contributed by atoms with van der Waals surface area (Å²) in [5.41, 5.74) is 3.70. The Labute approximate surface area is 275 Å². The van der Waals surface area contributed by atoms with Crippen LogP contribution in [0.25, 0.3) is 11.8 Å². The maximum atomic E-state index is 14.2. The predicted molar refractivity (Wildman–Crippen MR) is 181 cm³/mol. The summed E-state index contributed by atoms with van der Waals surface area (Å²) in [6, 6.07) is 31.3. The van der Waals surface area contributed by atoms with Crippen molar-refractivity contribution in [1.29, 1.82) is 0 Å². The van der Waals surface area contributed by atoms with E-state index in [0.29, 0.717) is 43.7 Å². The van der Waals surface area contributed by atoms with Gasteiger partial charge in [0.15, 0.2) is 16.3 Å². The van der Waals surface area contributed by atoms with Crippen molar-refractivity contribution in [3.8, 4) is 11.5 Å². The summed E-state index contributed by atoms with van der Waals surface area (Å²) in [6.45, 7) is 4.57. The first-order valence-electron chi connectivity index (χ1n) is 14.9. The largest absolute Gasteiger partial charge is 0.490 e. The molecule has 7 nitrogen and oxygen atoms in total. The average molecular weight is 651 g/mol. The van der Waals surface area contributed by atoms with Crippen LogP contribution in [-0.2, 0) is 16.1 Å². The molecule has 0 spiro atoms. The third kappa shape index (κ3) is 6.40. The highest BCUT2D eigenvalue weighted by molar-refractivity contribution is 7.07. The van der Waals surface area contributed by atoms with E-state index in [2.05, 4.69) is 0 Å². The summed E-state index contributed by atoms with van der Waals surface area (Å²) >= 11 is 7.59. The maximum absolute atomic E-state index is 14.2. The molecular formula is C37H31ClN2O5S. The molecule has 1 aromatic heterocycles. The SMILES string of the molecule is CCOC(=O)C1=C(c2ccccc2)N=c2s/c(=C\c3ccc(OCc4ccccc4Cl)c(OCC)c3)c(=O)n2[C@@H]1c1ccccc1. The summed E-state index contributed by atoms with van der Waals surface area (Å²) in [7, 11) is 0. The van der Waals surface area contributed by atoms with Gasteiger partial charge >= 0.3 is 5.97 Å². The predicted octanol–water partition coefficient (Wildman–Crippen LogP) is 6.57.